The topological polar surface area (TPSA) is 98.6 Å². The van der Waals surface area contributed by atoms with Gasteiger partial charge in [-0.15, -0.1) is 5.10 Å². The molecule has 9 heteroatoms. The second-order valence-corrected chi connectivity index (χ2v) is 9.30. The Morgan fingerprint density at radius 3 is 2.71 bits per heavy atom. The zero-order valence-corrected chi connectivity index (χ0v) is 21.3. The summed E-state index contributed by atoms with van der Waals surface area (Å²) in [5.41, 5.74) is 3.08. The smallest absolute Gasteiger partial charge is 0.247 e. The summed E-state index contributed by atoms with van der Waals surface area (Å²) in [5.74, 6) is 0.0749. The highest BCUT2D eigenvalue weighted by Gasteiger charge is 2.34. The predicted molar refractivity (Wildman–Crippen MR) is 142 cm³/mol. The van der Waals surface area contributed by atoms with Gasteiger partial charge in [0.1, 0.15) is 23.9 Å². The third kappa shape index (κ3) is 5.84. The van der Waals surface area contributed by atoms with Gasteiger partial charge < -0.3 is 19.7 Å². The van der Waals surface area contributed by atoms with E-state index < -0.39 is 6.04 Å². The fraction of sp³-hybridized carbons (Fsp3) is 0.310. The molecule has 2 amide bonds. The van der Waals surface area contributed by atoms with Crippen molar-refractivity contribution in [3.05, 3.63) is 90.0 Å². The zero-order valence-electron chi connectivity index (χ0n) is 21.3. The van der Waals surface area contributed by atoms with Gasteiger partial charge in [0, 0.05) is 19.7 Å². The van der Waals surface area contributed by atoms with Crippen molar-refractivity contribution >= 4 is 22.8 Å². The molecule has 9 nitrogen and oxygen atoms in total. The van der Waals surface area contributed by atoms with E-state index in [0.717, 1.165) is 23.9 Å². The third-order valence-corrected chi connectivity index (χ3v) is 6.73. The lowest BCUT2D eigenvalue weighted by atomic mass is 10.0. The van der Waals surface area contributed by atoms with Gasteiger partial charge in [0.05, 0.1) is 18.7 Å². The van der Waals surface area contributed by atoms with E-state index in [2.05, 4.69) is 15.6 Å². The molecule has 1 N–H and O–H groups in total. The number of rotatable bonds is 10. The van der Waals surface area contributed by atoms with E-state index in [1.165, 1.54) is 0 Å². The van der Waals surface area contributed by atoms with Crippen molar-refractivity contribution in [3.63, 3.8) is 0 Å². The molecular formula is C29H31N5O4. The first kappa shape index (κ1) is 25.4. The number of hydrogen-bond donors (Lipinski definition) is 1. The van der Waals surface area contributed by atoms with Gasteiger partial charge in [-0.2, -0.15) is 0 Å². The van der Waals surface area contributed by atoms with Crippen LogP contribution in [0.5, 0.6) is 5.75 Å². The van der Waals surface area contributed by atoms with Crippen molar-refractivity contribution in [1.82, 2.24) is 25.2 Å². The Hall–Kier alpha value is -4.24. The molecule has 0 saturated carbocycles. The first-order valence-electron chi connectivity index (χ1n) is 12.8. The maximum atomic E-state index is 14.0. The van der Waals surface area contributed by atoms with Gasteiger partial charge in [0.15, 0.2) is 0 Å². The van der Waals surface area contributed by atoms with E-state index in [0.29, 0.717) is 30.0 Å². The van der Waals surface area contributed by atoms with Gasteiger partial charge in [-0.1, -0.05) is 59.8 Å². The van der Waals surface area contributed by atoms with E-state index in [9.17, 15) is 9.59 Å². The van der Waals surface area contributed by atoms with Crippen molar-refractivity contribution in [2.24, 2.45) is 0 Å². The van der Waals surface area contributed by atoms with Crippen LogP contribution in [-0.2, 0) is 27.4 Å². The fourth-order valence-corrected chi connectivity index (χ4v) is 4.78. The van der Waals surface area contributed by atoms with Gasteiger partial charge in [-0.25, -0.2) is 4.68 Å². The lowest BCUT2D eigenvalue weighted by molar-refractivity contribution is -0.143. The third-order valence-electron chi connectivity index (χ3n) is 6.73. The second-order valence-electron chi connectivity index (χ2n) is 9.30. The monoisotopic (exact) mass is 513 g/mol. The molecule has 0 spiro atoms. The summed E-state index contributed by atoms with van der Waals surface area (Å²) in [6.07, 6.45) is 1.60. The second kappa shape index (κ2) is 11.9. The molecule has 1 aromatic heterocycles. The van der Waals surface area contributed by atoms with Crippen LogP contribution in [-0.4, -0.2) is 58.1 Å². The van der Waals surface area contributed by atoms with Gasteiger partial charge in [-0.05, 0) is 48.2 Å². The molecule has 0 aliphatic carbocycles. The first-order chi connectivity index (χ1) is 18.6. The molecule has 38 heavy (non-hydrogen) atoms. The molecule has 1 aliphatic rings. The molecule has 2 heterocycles. The maximum absolute atomic E-state index is 14.0. The fourth-order valence-electron chi connectivity index (χ4n) is 4.78. The van der Waals surface area contributed by atoms with Crippen LogP contribution in [0, 0.1) is 0 Å². The number of aromatic nitrogens is 3. The van der Waals surface area contributed by atoms with Gasteiger partial charge in [0.25, 0.3) is 0 Å². The number of carbonyl (C=O) groups excluding carboxylic acids is 2. The number of nitrogens with zero attached hydrogens (tertiary/aromatic N) is 4. The number of nitrogens with one attached hydrogen (secondary N) is 1. The molecule has 5 rings (SSSR count). The average molecular weight is 514 g/mol. The molecule has 0 radical (unpaired) electrons. The quantitative estimate of drug-likeness (QED) is 0.349. The van der Waals surface area contributed by atoms with Crippen LogP contribution in [0.1, 0.15) is 30.0 Å². The minimum absolute atomic E-state index is 0.0559. The molecular weight excluding hydrogens is 482 g/mol. The van der Waals surface area contributed by atoms with Gasteiger partial charge in [0.2, 0.25) is 11.8 Å². The van der Waals surface area contributed by atoms with E-state index in [-0.39, 0.29) is 31.0 Å². The van der Waals surface area contributed by atoms with E-state index in [4.69, 9.17) is 9.47 Å². The summed E-state index contributed by atoms with van der Waals surface area (Å²) in [7, 11) is 1.58. The number of para-hydroxylation sites is 1. The summed E-state index contributed by atoms with van der Waals surface area (Å²) in [5, 5.41) is 11.4. The molecule has 2 unspecified atom stereocenters. The standard InChI is InChI=1S/C29H31N5O4/c1-37-23-12-7-11-22(17-23)28(29(36)30-18-21-9-3-2-4-10-21)33(19-24-13-8-16-38-24)27(35)20-34-26-15-6-5-14-25(26)31-32-34/h2-7,9-12,14-15,17,24,28H,8,13,16,18-20H2,1H3,(H,30,36). The number of fused-ring (bicyclic) bond motifs is 1. The highest BCUT2D eigenvalue weighted by Crippen LogP contribution is 2.28. The van der Waals surface area contributed by atoms with Crippen molar-refractivity contribution in [2.45, 2.75) is 38.1 Å². The Morgan fingerprint density at radius 2 is 1.92 bits per heavy atom. The van der Waals surface area contributed by atoms with Crippen LogP contribution in [0.2, 0.25) is 0 Å². The van der Waals surface area contributed by atoms with Crippen LogP contribution in [0.3, 0.4) is 0 Å². The molecule has 1 fully saturated rings. The minimum Gasteiger partial charge on any atom is -0.497 e. The van der Waals surface area contributed by atoms with E-state index >= 15 is 0 Å². The molecule has 4 aromatic rings. The molecule has 1 aliphatic heterocycles. The van der Waals surface area contributed by atoms with Crippen molar-refractivity contribution < 1.29 is 19.1 Å². The van der Waals surface area contributed by atoms with Gasteiger partial charge >= 0.3 is 0 Å². The van der Waals surface area contributed by atoms with Crippen LogP contribution < -0.4 is 10.1 Å². The lowest BCUT2D eigenvalue weighted by Gasteiger charge is -2.33. The highest BCUT2D eigenvalue weighted by atomic mass is 16.5. The SMILES string of the molecule is COc1cccc(C(C(=O)NCc2ccccc2)N(CC2CCCO2)C(=O)Cn2nnc3ccccc32)c1. The normalized spacial score (nSPS) is 15.8. The van der Waals surface area contributed by atoms with E-state index in [1.807, 2.05) is 72.8 Å². The number of benzene rings is 3. The number of carbonyl (C=O) groups is 2. The number of methoxy groups -OCH3 is 1. The highest BCUT2D eigenvalue weighted by molar-refractivity contribution is 5.89. The Labute approximate surface area is 221 Å². The maximum Gasteiger partial charge on any atom is 0.247 e. The molecule has 2 atom stereocenters. The first-order valence-corrected chi connectivity index (χ1v) is 12.8. The summed E-state index contributed by atoms with van der Waals surface area (Å²) in [6.45, 7) is 1.21. The molecule has 3 aromatic carbocycles. The number of hydrogen-bond acceptors (Lipinski definition) is 6. The van der Waals surface area contributed by atoms with Crippen LogP contribution in [0.25, 0.3) is 11.0 Å². The van der Waals surface area contributed by atoms with Crippen LogP contribution in [0.4, 0.5) is 0 Å². The predicted octanol–water partition coefficient (Wildman–Crippen LogP) is 3.51. The van der Waals surface area contributed by atoms with E-state index in [1.54, 1.807) is 22.8 Å². The summed E-state index contributed by atoms with van der Waals surface area (Å²) in [6, 6.07) is 23.6. The average Bonchev–Trinajstić information content (AvgIpc) is 3.62. The zero-order chi connectivity index (χ0) is 26.3. The van der Waals surface area contributed by atoms with Crippen molar-refractivity contribution in [3.8, 4) is 5.75 Å². The lowest BCUT2D eigenvalue weighted by Crippen LogP contribution is -2.47. The van der Waals surface area contributed by atoms with Crippen LogP contribution >= 0.6 is 0 Å². The summed E-state index contributed by atoms with van der Waals surface area (Å²) < 4.78 is 12.9. The number of amides is 2. The Morgan fingerprint density at radius 1 is 1.11 bits per heavy atom. The summed E-state index contributed by atoms with van der Waals surface area (Å²) in [4.78, 5) is 29.4. The van der Waals surface area contributed by atoms with Crippen molar-refractivity contribution in [2.75, 3.05) is 20.3 Å². The Bertz CT molecular complexity index is 1380. The Balaban J connectivity index is 1.48. The Kier molecular flexibility index (Phi) is 7.94. The largest absolute Gasteiger partial charge is 0.497 e. The minimum atomic E-state index is -0.889. The van der Waals surface area contributed by atoms with Gasteiger partial charge in [-0.3, -0.25) is 9.59 Å². The molecule has 1 saturated heterocycles. The van der Waals surface area contributed by atoms with Crippen LogP contribution in [0.15, 0.2) is 78.9 Å². The van der Waals surface area contributed by atoms with Crippen molar-refractivity contribution in [1.29, 1.82) is 0 Å². The summed E-state index contributed by atoms with van der Waals surface area (Å²) >= 11 is 0. The number of ether oxygens (including phenoxy) is 2. The molecule has 196 valence electrons. The molecule has 0 bridgehead atoms.